The summed E-state index contributed by atoms with van der Waals surface area (Å²) in [6.07, 6.45) is 6.81. The van der Waals surface area contributed by atoms with Crippen LogP contribution in [0.1, 0.15) is 49.7 Å². The van der Waals surface area contributed by atoms with Crippen molar-refractivity contribution in [2.45, 2.75) is 50.5 Å². The molecular weight excluding hydrogens is 368 g/mol. The number of hydrogen-bond donors (Lipinski definition) is 0. The molecule has 3 aliphatic rings. The van der Waals surface area contributed by atoms with Gasteiger partial charge in [0.25, 0.3) is 0 Å². The number of carbonyl (C=O) groups is 1. The number of methoxy groups -OCH3 is 2. The lowest BCUT2D eigenvalue weighted by Gasteiger charge is -2.45. The maximum absolute atomic E-state index is 12.7. The summed E-state index contributed by atoms with van der Waals surface area (Å²) in [5.41, 5.74) is 2.18. The van der Waals surface area contributed by atoms with Crippen LogP contribution in [-0.4, -0.2) is 69.3 Å². The summed E-state index contributed by atoms with van der Waals surface area (Å²) >= 11 is 0. The zero-order valence-corrected chi connectivity index (χ0v) is 17.9. The molecule has 0 saturated carbocycles. The van der Waals surface area contributed by atoms with Gasteiger partial charge in [0.1, 0.15) is 0 Å². The van der Waals surface area contributed by atoms with Crippen LogP contribution in [0.15, 0.2) is 12.1 Å². The van der Waals surface area contributed by atoms with Gasteiger partial charge in [0.2, 0.25) is 5.91 Å². The van der Waals surface area contributed by atoms with Crippen molar-refractivity contribution in [3.8, 4) is 11.5 Å². The van der Waals surface area contributed by atoms with Gasteiger partial charge in [-0.3, -0.25) is 4.79 Å². The summed E-state index contributed by atoms with van der Waals surface area (Å²) in [4.78, 5) is 17.2. The summed E-state index contributed by atoms with van der Waals surface area (Å²) in [6, 6.07) is 4.18. The largest absolute Gasteiger partial charge is 0.493 e. The third-order valence-electron chi connectivity index (χ3n) is 6.84. The Hall–Kier alpha value is -1.79. The van der Waals surface area contributed by atoms with E-state index < -0.39 is 0 Å². The van der Waals surface area contributed by atoms with Crippen LogP contribution in [0.2, 0.25) is 0 Å². The average molecular weight is 403 g/mol. The molecule has 3 heterocycles. The number of carbonyl (C=O) groups excluding carboxylic acids is 1. The average Bonchev–Trinajstić information content (AvgIpc) is 3.27. The molecular formula is C23H34N2O4. The fraction of sp³-hybridized carbons (Fsp3) is 0.696. The Morgan fingerprint density at radius 3 is 2.45 bits per heavy atom. The van der Waals surface area contributed by atoms with Gasteiger partial charge in [0.15, 0.2) is 11.5 Å². The lowest BCUT2D eigenvalue weighted by molar-refractivity contribution is -0.140. The predicted octanol–water partition coefficient (Wildman–Crippen LogP) is 2.97. The van der Waals surface area contributed by atoms with E-state index in [-0.39, 0.29) is 5.60 Å². The van der Waals surface area contributed by atoms with Gasteiger partial charge in [-0.15, -0.1) is 0 Å². The second-order valence-electron chi connectivity index (χ2n) is 8.49. The molecule has 6 nitrogen and oxygen atoms in total. The van der Waals surface area contributed by atoms with E-state index >= 15 is 0 Å². The molecule has 0 radical (unpaired) electrons. The van der Waals surface area contributed by atoms with Gasteiger partial charge in [-0.05, 0) is 81.4 Å². The van der Waals surface area contributed by atoms with Gasteiger partial charge in [0, 0.05) is 19.5 Å². The molecule has 29 heavy (non-hydrogen) atoms. The molecule has 0 atom stereocenters. The predicted molar refractivity (Wildman–Crippen MR) is 112 cm³/mol. The molecule has 1 amide bonds. The highest BCUT2D eigenvalue weighted by Crippen LogP contribution is 2.45. The van der Waals surface area contributed by atoms with Crippen molar-refractivity contribution in [2.24, 2.45) is 0 Å². The van der Waals surface area contributed by atoms with E-state index in [1.165, 1.54) is 37.1 Å². The van der Waals surface area contributed by atoms with Crippen LogP contribution >= 0.6 is 0 Å². The lowest BCUT2D eigenvalue weighted by atomic mass is 9.79. The Kier molecular flexibility index (Phi) is 6.30. The first-order chi connectivity index (χ1) is 14.1. The van der Waals surface area contributed by atoms with Crippen LogP contribution in [-0.2, 0) is 21.6 Å². The molecule has 1 spiro atoms. The molecule has 1 aromatic carbocycles. The summed E-state index contributed by atoms with van der Waals surface area (Å²) in [5.74, 6) is 1.81. The molecule has 0 N–H and O–H groups in total. The van der Waals surface area contributed by atoms with Gasteiger partial charge in [-0.25, -0.2) is 0 Å². The minimum Gasteiger partial charge on any atom is -0.493 e. The lowest BCUT2D eigenvalue weighted by Crippen LogP contribution is -2.48. The highest BCUT2D eigenvalue weighted by molar-refractivity contribution is 5.76. The normalized spacial score (nSPS) is 21.2. The van der Waals surface area contributed by atoms with Crippen molar-refractivity contribution < 1.29 is 19.0 Å². The first kappa shape index (κ1) is 20.5. The third kappa shape index (κ3) is 4.24. The molecule has 2 saturated heterocycles. The van der Waals surface area contributed by atoms with Gasteiger partial charge in [-0.1, -0.05) is 0 Å². The monoisotopic (exact) mass is 402 g/mol. The highest BCUT2D eigenvalue weighted by Gasteiger charge is 2.42. The molecule has 2 fully saturated rings. The Bertz CT molecular complexity index is 722. The van der Waals surface area contributed by atoms with E-state index in [1.54, 1.807) is 14.2 Å². The van der Waals surface area contributed by atoms with Crippen LogP contribution < -0.4 is 9.47 Å². The number of likely N-dealkylation sites (tertiary alicyclic amines) is 2. The fourth-order valence-corrected chi connectivity index (χ4v) is 5.14. The standard InChI is InChI=1S/C23H34N2O4/c1-27-20-16-18-7-15-29-23(19(18)17-21(20)28-2)8-13-25(14-9-23)22(26)6-5-12-24-10-3-4-11-24/h16-17H,3-15H2,1-2H3. The minimum atomic E-state index is -0.306. The molecule has 4 rings (SSSR count). The van der Waals surface area contributed by atoms with E-state index in [4.69, 9.17) is 14.2 Å². The van der Waals surface area contributed by atoms with Crippen molar-refractivity contribution in [3.05, 3.63) is 23.3 Å². The number of amides is 1. The maximum atomic E-state index is 12.7. The number of benzene rings is 1. The van der Waals surface area contributed by atoms with Gasteiger partial charge in [0.05, 0.1) is 26.4 Å². The molecule has 3 aliphatic heterocycles. The van der Waals surface area contributed by atoms with Crippen molar-refractivity contribution >= 4 is 5.91 Å². The SMILES string of the molecule is COc1cc2c(cc1OC)C1(CCN(C(=O)CCCN3CCCC3)CC1)OCC2. The Morgan fingerprint density at radius 1 is 1.07 bits per heavy atom. The molecule has 0 aliphatic carbocycles. The number of piperidine rings is 1. The van der Waals surface area contributed by atoms with E-state index in [9.17, 15) is 4.79 Å². The van der Waals surface area contributed by atoms with Crippen molar-refractivity contribution in [3.63, 3.8) is 0 Å². The zero-order valence-electron chi connectivity index (χ0n) is 17.9. The van der Waals surface area contributed by atoms with Gasteiger partial charge >= 0.3 is 0 Å². The van der Waals surface area contributed by atoms with Gasteiger partial charge in [-0.2, -0.15) is 0 Å². The summed E-state index contributed by atoms with van der Waals surface area (Å²) in [6.45, 7) is 5.69. The summed E-state index contributed by atoms with van der Waals surface area (Å²) in [7, 11) is 3.34. The van der Waals surface area contributed by atoms with Crippen molar-refractivity contribution in [1.29, 1.82) is 0 Å². The molecule has 0 unspecified atom stereocenters. The van der Waals surface area contributed by atoms with Crippen molar-refractivity contribution in [1.82, 2.24) is 9.80 Å². The van der Waals surface area contributed by atoms with E-state index in [1.807, 2.05) is 4.90 Å². The Morgan fingerprint density at radius 2 is 1.76 bits per heavy atom. The second-order valence-corrected chi connectivity index (χ2v) is 8.49. The zero-order chi connectivity index (χ0) is 20.3. The molecule has 160 valence electrons. The third-order valence-corrected chi connectivity index (χ3v) is 6.84. The van der Waals surface area contributed by atoms with Crippen LogP contribution in [0.5, 0.6) is 11.5 Å². The number of ether oxygens (including phenoxy) is 3. The van der Waals surface area contributed by atoms with Crippen LogP contribution in [0, 0.1) is 0 Å². The van der Waals surface area contributed by atoms with E-state index in [2.05, 4.69) is 17.0 Å². The fourth-order valence-electron chi connectivity index (χ4n) is 5.14. The second kappa shape index (κ2) is 8.92. The van der Waals surface area contributed by atoms with Crippen LogP contribution in [0.25, 0.3) is 0 Å². The molecule has 0 bridgehead atoms. The van der Waals surface area contributed by atoms with Crippen LogP contribution in [0.3, 0.4) is 0 Å². The van der Waals surface area contributed by atoms with E-state index in [0.29, 0.717) is 18.9 Å². The number of nitrogens with zero attached hydrogens (tertiary/aromatic N) is 2. The van der Waals surface area contributed by atoms with Gasteiger partial charge < -0.3 is 24.0 Å². The number of rotatable bonds is 6. The van der Waals surface area contributed by atoms with Crippen LogP contribution in [0.4, 0.5) is 0 Å². The van der Waals surface area contributed by atoms with E-state index in [0.717, 1.165) is 56.8 Å². The summed E-state index contributed by atoms with van der Waals surface area (Å²) in [5, 5.41) is 0. The minimum absolute atomic E-state index is 0.294. The topological polar surface area (TPSA) is 51.2 Å². The number of hydrogen-bond acceptors (Lipinski definition) is 5. The Labute approximate surface area is 174 Å². The first-order valence-corrected chi connectivity index (χ1v) is 11.0. The highest BCUT2D eigenvalue weighted by atomic mass is 16.5. The smallest absolute Gasteiger partial charge is 0.222 e. The van der Waals surface area contributed by atoms with Crippen molar-refractivity contribution in [2.75, 3.05) is 53.6 Å². The number of fused-ring (bicyclic) bond motifs is 2. The molecule has 6 heteroatoms. The maximum Gasteiger partial charge on any atom is 0.222 e. The quantitative estimate of drug-likeness (QED) is 0.732. The Balaban J connectivity index is 1.38. The molecule has 0 aromatic heterocycles. The summed E-state index contributed by atoms with van der Waals surface area (Å²) < 4.78 is 17.4. The first-order valence-electron chi connectivity index (χ1n) is 11.0. The molecule has 1 aromatic rings.